The number of hydrogen-bond donors (Lipinski definition) is 2. The number of hydrogen-bond acceptors (Lipinski definition) is 7. The Morgan fingerprint density at radius 3 is 2.58 bits per heavy atom. The highest BCUT2D eigenvalue weighted by atomic mass is 35.5. The molecule has 2 aromatic heterocycles. The van der Waals surface area contributed by atoms with Crippen LogP contribution in [0.25, 0.3) is 0 Å². The maximum absolute atomic E-state index is 13.2. The second-order valence-electron chi connectivity index (χ2n) is 8.04. The molecule has 1 aliphatic rings. The Bertz CT molecular complexity index is 1260. The van der Waals surface area contributed by atoms with E-state index in [1.54, 1.807) is 24.4 Å². The molecule has 0 radical (unpaired) electrons. The first-order valence-corrected chi connectivity index (χ1v) is 13.4. The van der Waals surface area contributed by atoms with E-state index in [9.17, 15) is 18.3 Å². The van der Waals surface area contributed by atoms with Gasteiger partial charge in [-0.05, 0) is 49.9 Å². The predicted octanol–water partition coefficient (Wildman–Crippen LogP) is 5.62. The van der Waals surface area contributed by atoms with E-state index in [1.807, 2.05) is 11.4 Å². The van der Waals surface area contributed by atoms with Crippen molar-refractivity contribution in [2.24, 2.45) is 5.41 Å². The van der Waals surface area contributed by atoms with Crippen molar-refractivity contribution < 1.29 is 18.3 Å². The number of carboxylic acid groups (broad SMARTS) is 1. The molecule has 2 heterocycles. The number of thiazole rings is 1. The number of nitrogens with zero attached hydrogens (tertiary/aromatic N) is 2. The van der Waals surface area contributed by atoms with E-state index in [0.29, 0.717) is 16.6 Å². The molecule has 0 saturated heterocycles. The van der Waals surface area contributed by atoms with Crippen LogP contribution in [-0.2, 0) is 21.1 Å². The number of aliphatic carboxylic acids is 1. The van der Waals surface area contributed by atoms with Gasteiger partial charge in [0.2, 0.25) is 0 Å². The van der Waals surface area contributed by atoms with Crippen molar-refractivity contribution in [2.75, 3.05) is 5.32 Å². The summed E-state index contributed by atoms with van der Waals surface area (Å²) in [5.41, 5.74) is -0.463. The average Bonchev–Trinajstić information content (AvgIpc) is 3.29. The predicted molar refractivity (Wildman–Crippen MR) is 129 cm³/mol. The third-order valence-corrected chi connectivity index (χ3v) is 9.92. The number of nitrogens with one attached hydrogen (secondary N) is 1. The third kappa shape index (κ3) is 5.01. The van der Waals surface area contributed by atoms with Gasteiger partial charge in [-0.2, -0.15) is 0 Å². The molecule has 1 fully saturated rings. The minimum atomic E-state index is -3.74. The van der Waals surface area contributed by atoms with E-state index in [1.165, 1.54) is 23.5 Å². The summed E-state index contributed by atoms with van der Waals surface area (Å²) in [6.45, 7) is 0. The minimum Gasteiger partial charge on any atom is -0.481 e. The molecule has 0 aliphatic heterocycles. The lowest BCUT2D eigenvalue weighted by molar-refractivity contribution is -0.151. The van der Waals surface area contributed by atoms with Crippen LogP contribution < -0.4 is 5.32 Å². The summed E-state index contributed by atoms with van der Waals surface area (Å²) >= 11 is 13.6. The lowest BCUT2D eigenvalue weighted by Gasteiger charge is -2.36. The average molecular weight is 526 g/mol. The number of anilines is 2. The fraction of sp³-hybridized carbons (Fsp3) is 0.318. The van der Waals surface area contributed by atoms with Crippen LogP contribution in [-0.4, -0.2) is 34.7 Å². The molecule has 1 aromatic carbocycles. The molecular formula is C22H21Cl2N3O4S2. The highest BCUT2D eigenvalue weighted by Crippen LogP contribution is 2.43. The van der Waals surface area contributed by atoms with Gasteiger partial charge >= 0.3 is 5.97 Å². The molecule has 3 aromatic rings. The summed E-state index contributed by atoms with van der Waals surface area (Å²) in [6.07, 6.45) is 2.76. The molecule has 0 amide bonds. The molecule has 11 heteroatoms. The van der Waals surface area contributed by atoms with Crippen LogP contribution in [0.1, 0.15) is 31.4 Å². The molecule has 7 nitrogen and oxygen atoms in total. The topological polar surface area (TPSA) is 109 Å². The van der Waals surface area contributed by atoms with Gasteiger partial charge in [0.1, 0.15) is 5.82 Å². The smallest absolute Gasteiger partial charge is 0.310 e. The molecule has 0 atom stereocenters. The van der Waals surface area contributed by atoms with Crippen LogP contribution in [0, 0.1) is 5.41 Å². The summed E-state index contributed by atoms with van der Waals surface area (Å²) in [5.74, 6) is -0.367. The van der Waals surface area contributed by atoms with Crippen molar-refractivity contribution in [2.45, 2.75) is 42.2 Å². The number of rotatable bonds is 7. The molecule has 1 aliphatic carbocycles. The quantitative estimate of drug-likeness (QED) is 0.411. The van der Waals surface area contributed by atoms with Gasteiger partial charge in [-0.15, -0.1) is 11.3 Å². The fourth-order valence-electron chi connectivity index (χ4n) is 4.19. The summed E-state index contributed by atoms with van der Waals surface area (Å²) in [5, 5.41) is 15.2. The first-order valence-electron chi connectivity index (χ1n) is 10.2. The van der Waals surface area contributed by atoms with Crippen molar-refractivity contribution in [1.82, 2.24) is 9.97 Å². The van der Waals surface area contributed by atoms with Crippen LogP contribution in [0.2, 0.25) is 10.0 Å². The van der Waals surface area contributed by atoms with Gasteiger partial charge in [0, 0.05) is 23.7 Å². The zero-order valence-corrected chi connectivity index (χ0v) is 20.5. The standard InChI is InChI=1S/C22H21Cl2N3O4S2/c23-16-4-2-5-17(19(16)24)33(30,31)15-7-9-22(10-8-15,20(28)29)13-14-3-1-6-18(26-14)27-21-25-11-12-32-21/h1-6,11-12,15H,7-10,13H2,(H,28,29)(H,25,26,27)/t15-,22-. The molecule has 0 bridgehead atoms. The van der Waals surface area contributed by atoms with Crippen LogP contribution >= 0.6 is 34.5 Å². The number of carboxylic acids is 1. The summed E-state index contributed by atoms with van der Waals surface area (Å²) in [4.78, 5) is 21.0. The van der Waals surface area contributed by atoms with Crippen molar-refractivity contribution in [3.05, 3.63) is 63.7 Å². The van der Waals surface area contributed by atoms with Gasteiger partial charge in [0.25, 0.3) is 0 Å². The molecule has 1 saturated carbocycles. The molecule has 0 unspecified atom stereocenters. The Balaban J connectivity index is 1.51. The number of halogens is 2. The van der Waals surface area contributed by atoms with Gasteiger partial charge in [-0.3, -0.25) is 4.79 Å². The maximum Gasteiger partial charge on any atom is 0.310 e. The van der Waals surface area contributed by atoms with Gasteiger partial charge < -0.3 is 10.4 Å². The van der Waals surface area contributed by atoms with Crippen LogP contribution in [0.15, 0.2) is 52.9 Å². The second kappa shape index (κ2) is 9.58. The van der Waals surface area contributed by atoms with Crippen LogP contribution in [0.3, 0.4) is 0 Å². The van der Waals surface area contributed by atoms with Crippen molar-refractivity contribution in [3.8, 4) is 0 Å². The maximum atomic E-state index is 13.2. The summed E-state index contributed by atoms with van der Waals surface area (Å²) < 4.78 is 26.4. The Labute approximate surface area is 205 Å². The van der Waals surface area contributed by atoms with E-state index >= 15 is 0 Å². The monoisotopic (exact) mass is 525 g/mol. The molecule has 33 heavy (non-hydrogen) atoms. The molecule has 174 valence electrons. The Morgan fingerprint density at radius 1 is 1.18 bits per heavy atom. The van der Waals surface area contributed by atoms with Gasteiger partial charge in [0.15, 0.2) is 15.0 Å². The zero-order valence-electron chi connectivity index (χ0n) is 17.4. The Kier molecular flexibility index (Phi) is 6.95. The van der Waals surface area contributed by atoms with Crippen molar-refractivity contribution in [1.29, 1.82) is 0 Å². The Morgan fingerprint density at radius 2 is 1.91 bits per heavy atom. The van der Waals surface area contributed by atoms with Crippen LogP contribution in [0.5, 0.6) is 0 Å². The van der Waals surface area contributed by atoms with Crippen molar-refractivity contribution >= 4 is 61.3 Å². The minimum absolute atomic E-state index is 0.00276. The Hall–Kier alpha value is -2.20. The first kappa shape index (κ1) is 23.9. The molecule has 4 rings (SSSR count). The highest BCUT2D eigenvalue weighted by molar-refractivity contribution is 7.92. The van der Waals surface area contributed by atoms with Gasteiger partial charge in [-0.25, -0.2) is 18.4 Å². The van der Waals surface area contributed by atoms with Gasteiger partial charge in [0.05, 0.1) is 25.6 Å². The fourth-order valence-corrected chi connectivity index (χ4v) is 7.25. The molecule has 0 spiro atoms. The number of benzene rings is 1. The molecular weight excluding hydrogens is 505 g/mol. The lowest BCUT2D eigenvalue weighted by Crippen LogP contribution is -2.41. The van der Waals surface area contributed by atoms with E-state index in [2.05, 4.69) is 15.3 Å². The number of pyridine rings is 1. The van der Waals surface area contributed by atoms with E-state index in [4.69, 9.17) is 23.2 Å². The lowest BCUT2D eigenvalue weighted by atomic mass is 9.71. The number of sulfone groups is 1. The normalized spacial score (nSPS) is 21.0. The van der Waals surface area contributed by atoms with Gasteiger partial charge in [-0.1, -0.05) is 35.3 Å². The number of carbonyl (C=O) groups is 1. The zero-order chi connectivity index (χ0) is 23.6. The molecule has 2 N–H and O–H groups in total. The van der Waals surface area contributed by atoms with Crippen molar-refractivity contribution in [3.63, 3.8) is 0 Å². The first-order chi connectivity index (χ1) is 15.7. The number of aromatic nitrogens is 2. The van der Waals surface area contributed by atoms with E-state index < -0.39 is 26.5 Å². The second-order valence-corrected chi connectivity index (χ2v) is 11.9. The van der Waals surface area contributed by atoms with E-state index in [0.717, 1.165) is 0 Å². The highest BCUT2D eigenvalue weighted by Gasteiger charge is 2.45. The SMILES string of the molecule is O=C(O)[C@]1(Cc2cccc(Nc3nccs3)n2)CC[C@@H](S(=O)(=O)c2cccc(Cl)c2Cl)CC1. The summed E-state index contributed by atoms with van der Waals surface area (Å²) in [6, 6.07) is 9.90. The summed E-state index contributed by atoms with van der Waals surface area (Å²) in [7, 11) is -3.74. The largest absolute Gasteiger partial charge is 0.481 e. The van der Waals surface area contributed by atoms with E-state index in [-0.39, 0.29) is 47.0 Å². The third-order valence-electron chi connectivity index (χ3n) is 6.00. The van der Waals surface area contributed by atoms with Crippen LogP contribution in [0.4, 0.5) is 10.9 Å².